The first-order valence-corrected chi connectivity index (χ1v) is 4.51. The minimum atomic E-state index is -4.28. The molecule has 0 radical (unpaired) electrons. The van der Waals surface area contributed by atoms with Crippen LogP contribution in [-0.2, 0) is 17.9 Å². The second kappa shape index (κ2) is 5.18. The zero-order valence-corrected chi connectivity index (χ0v) is 8.13. The average molecular weight is 222 g/mol. The van der Waals surface area contributed by atoms with Crippen LogP contribution in [0.15, 0.2) is 18.3 Å². The molecular weight excluding hydrogens is 209 g/mol. The van der Waals surface area contributed by atoms with Crippen LogP contribution in [0.5, 0.6) is 0 Å². The number of hydrogen-bond acceptors (Lipinski definition) is 2. The summed E-state index contributed by atoms with van der Waals surface area (Å²) in [7, 11) is 0. The van der Waals surface area contributed by atoms with Crippen LogP contribution in [0.3, 0.4) is 0 Å². The van der Waals surface area contributed by atoms with E-state index in [1.165, 1.54) is 0 Å². The summed E-state index contributed by atoms with van der Waals surface area (Å²) >= 11 is 0. The summed E-state index contributed by atoms with van der Waals surface area (Å²) in [5.74, 6) is 0. The fraction of sp³-hybridized carbons (Fsp3) is 0.556. The Morgan fingerprint density at radius 1 is 1.40 bits per heavy atom. The van der Waals surface area contributed by atoms with Gasteiger partial charge in [0.1, 0.15) is 13.3 Å². The van der Waals surface area contributed by atoms with Crippen molar-refractivity contribution in [2.45, 2.75) is 19.3 Å². The van der Waals surface area contributed by atoms with Crippen molar-refractivity contribution in [3.63, 3.8) is 0 Å². The van der Waals surface area contributed by atoms with Crippen molar-refractivity contribution in [3.8, 4) is 0 Å². The standard InChI is InChI=1S/C9H13F3N2O/c10-9(11,12)6-15-7-14-5-1-2-8(14)3-4-13/h1-2,5H,3-4,6-7,13H2. The van der Waals surface area contributed by atoms with Gasteiger partial charge in [-0.2, -0.15) is 13.2 Å². The number of rotatable bonds is 5. The fourth-order valence-corrected chi connectivity index (χ4v) is 1.21. The third-order valence-electron chi connectivity index (χ3n) is 1.82. The zero-order valence-electron chi connectivity index (χ0n) is 8.13. The van der Waals surface area contributed by atoms with Crippen molar-refractivity contribution in [3.05, 3.63) is 24.0 Å². The molecule has 1 rings (SSSR count). The van der Waals surface area contributed by atoms with Gasteiger partial charge in [-0.3, -0.25) is 0 Å². The Kier molecular flexibility index (Phi) is 4.16. The van der Waals surface area contributed by atoms with E-state index >= 15 is 0 Å². The second-order valence-electron chi connectivity index (χ2n) is 3.10. The third-order valence-corrected chi connectivity index (χ3v) is 1.82. The van der Waals surface area contributed by atoms with Crippen molar-refractivity contribution in [2.75, 3.05) is 13.2 Å². The number of nitrogens with two attached hydrogens (primary N) is 1. The monoisotopic (exact) mass is 222 g/mol. The molecule has 1 aromatic heterocycles. The van der Waals surface area contributed by atoms with Gasteiger partial charge in [0.15, 0.2) is 0 Å². The lowest BCUT2D eigenvalue weighted by molar-refractivity contribution is -0.181. The maximum atomic E-state index is 11.8. The molecule has 2 N–H and O–H groups in total. The summed E-state index contributed by atoms with van der Waals surface area (Å²) in [5.41, 5.74) is 6.23. The number of alkyl halides is 3. The summed E-state index contributed by atoms with van der Waals surface area (Å²) in [6, 6.07) is 3.56. The molecule has 0 atom stereocenters. The normalized spacial score (nSPS) is 12.0. The molecule has 0 bridgehead atoms. The molecule has 0 fully saturated rings. The summed E-state index contributed by atoms with van der Waals surface area (Å²) in [6.07, 6.45) is -1.98. The van der Waals surface area contributed by atoms with Crippen LogP contribution < -0.4 is 5.73 Å². The highest BCUT2D eigenvalue weighted by Gasteiger charge is 2.27. The average Bonchev–Trinajstić information content (AvgIpc) is 2.51. The van der Waals surface area contributed by atoms with Gasteiger partial charge in [-0.25, -0.2) is 0 Å². The van der Waals surface area contributed by atoms with E-state index < -0.39 is 12.8 Å². The molecule has 6 heteroatoms. The first-order valence-electron chi connectivity index (χ1n) is 4.51. The molecule has 0 spiro atoms. The Morgan fingerprint density at radius 3 is 2.73 bits per heavy atom. The smallest absolute Gasteiger partial charge is 0.351 e. The first kappa shape index (κ1) is 12.1. The van der Waals surface area contributed by atoms with Crippen LogP contribution in [0.25, 0.3) is 0 Å². The lowest BCUT2D eigenvalue weighted by Crippen LogP contribution is -2.19. The third kappa shape index (κ3) is 4.35. The quantitative estimate of drug-likeness (QED) is 0.820. The molecule has 86 valence electrons. The minimum absolute atomic E-state index is 0.0954. The van der Waals surface area contributed by atoms with Crippen LogP contribution in [0, 0.1) is 0 Å². The van der Waals surface area contributed by atoms with E-state index in [2.05, 4.69) is 4.74 Å². The zero-order chi connectivity index (χ0) is 11.3. The lowest BCUT2D eigenvalue weighted by Gasteiger charge is -2.11. The predicted molar refractivity (Wildman–Crippen MR) is 49.2 cm³/mol. The molecule has 0 amide bonds. The molecular formula is C9H13F3N2O. The van der Waals surface area contributed by atoms with E-state index in [0.29, 0.717) is 13.0 Å². The number of aromatic nitrogens is 1. The van der Waals surface area contributed by atoms with Gasteiger partial charge in [0.2, 0.25) is 0 Å². The molecule has 1 aromatic rings. The van der Waals surface area contributed by atoms with E-state index in [4.69, 9.17) is 5.73 Å². The Morgan fingerprint density at radius 2 is 2.13 bits per heavy atom. The molecule has 0 saturated carbocycles. The number of hydrogen-bond donors (Lipinski definition) is 1. The highest BCUT2D eigenvalue weighted by Crippen LogP contribution is 2.15. The van der Waals surface area contributed by atoms with Gasteiger partial charge < -0.3 is 15.0 Å². The van der Waals surface area contributed by atoms with E-state index in [9.17, 15) is 13.2 Å². The van der Waals surface area contributed by atoms with Crippen molar-refractivity contribution in [2.24, 2.45) is 5.73 Å². The van der Waals surface area contributed by atoms with Gasteiger partial charge in [0, 0.05) is 11.9 Å². The molecule has 0 aliphatic heterocycles. The van der Waals surface area contributed by atoms with Gasteiger partial charge in [-0.1, -0.05) is 0 Å². The maximum Gasteiger partial charge on any atom is 0.411 e. The van der Waals surface area contributed by atoms with Gasteiger partial charge in [0.05, 0.1) is 0 Å². The SMILES string of the molecule is NCCc1cccn1COCC(F)(F)F. The molecule has 15 heavy (non-hydrogen) atoms. The van der Waals surface area contributed by atoms with Crippen LogP contribution in [0.1, 0.15) is 5.69 Å². The summed E-state index contributed by atoms with van der Waals surface area (Å²) in [5, 5.41) is 0. The van der Waals surface area contributed by atoms with E-state index in [0.717, 1.165) is 5.69 Å². The van der Waals surface area contributed by atoms with Gasteiger partial charge >= 0.3 is 6.18 Å². The van der Waals surface area contributed by atoms with Crippen molar-refractivity contribution in [1.82, 2.24) is 4.57 Å². The van der Waals surface area contributed by atoms with Gasteiger partial charge in [0.25, 0.3) is 0 Å². The predicted octanol–water partition coefficient (Wildman–Crippen LogP) is 1.53. The maximum absolute atomic E-state index is 11.8. The van der Waals surface area contributed by atoms with Crippen LogP contribution in [0.4, 0.5) is 13.2 Å². The van der Waals surface area contributed by atoms with Gasteiger partial charge in [-0.15, -0.1) is 0 Å². The highest BCUT2D eigenvalue weighted by atomic mass is 19.4. The molecule has 0 unspecified atom stereocenters. The number of ether oxygens (including phenoxy) is 1. The van der Waals surface area contributed by atoms with Crippen LogP contribution in [0.2, 0.25) is 0 Å². The van der Waals surface area contributed by atoms with E-state index in [-0.39, 0.29) is 6.73 Å². The number of nitrogens with zero attached hydrogens (tertiary/aromatic N) is 1. The van der Waals surface area contributed by atoms with E-state index in [1.54, 1.807) is 16.8 Å². The topological polar surface area (TPSA) is 40.2 Å². The molecule has 3 nitrogen and oxygen atoms in total. The summed E-state index contributed by atoms with van der Waals surface area (Å²) in [4.78, 5) is 0. The Labute approximate surface area is 85.6 Å². The Balaban J connectivity index is 2.40. The van der Waals surface area contributed by atoms with Crippen molar-refractivity contribution < 1.29 is 17.9 Å². The summed E-state index contributed by atoms with van der Waals surface area (Å²) in [6.45, 7) is -0.863. The van der Waals surface area contributed by atoms with Crippen molar-refractivity contribution in [1.29, 1.82) is 0 Å². The van der Waals surface area contributed by atoms with Gasteiger partial charge in [-0.05, 0) is 25.1 Å². The Hall–Kier alpha value is -1.01. The first-order chi connectivity index (χ1) is 7.03. The molecule has 1 heterocycles. The molecule has 0 aliphatic rings. The number of halogens is 3. The Bertz CT molecular complexity index is 296. The van der Waals surface area contributed by atoms with Crippen LogP contribution >= 0.6 is 0 Å². The lowest BCUT2D eigenvalue weighted by atomic mass is 10.3. The molecule has 0 saturated heterocycles. The second-order valence-corrected chi connectivity index (χ2v) is 3.10. The van der Waals surface area contributed by atoms with Crippen LogP contribution in [-0.4, -0.2) is 23.9 Å². The minimum Gasteiger partial charge on any atom is -0.351 e. The van der Waals surface area contributed by atoms with E-state index in [1.807, 2.05) is 6.07 Å². The molecule has 0 aliphatic carbocycles. The van der Waals surface area contributed by atoms with Crippen molar-refractivity contribution >= 4 is 0 Å². The molecule has 0 aromatic carbocycles. The summed E-state index contributed by atoms with van der Waals surface area (Å²) < 4.78 is 41.5. The highest BCUT2D eigenvalue weighted by molar-refractivity contribution is 5.07. The fourth-order valence-electron chi connectivity index (χ4n) is 1.21. The largest absolute Gasteiger partial charge is 0.411 e.